The molecule has 0 aliphatic heterocycles. The minimum Gasteiger partial charge on any atom is -0.339 e. The summed E-state index contributed by atoms with van der Waals surface area (Å²) in [6.07, 6.45) is 2.63. The van der Waals surface area contributed by atoms with Gasteiger partial charge in [-0.3, -0.25) is 0 Å². The average Bonchev–Trinajstić information content (AvgIpc) is 3.08. The first-order valence-electron chi connectivity index (χ1n) is 9.23. The Morgan fingerprint density at radius 1 is 0.963 bits per heavy atom. The van der Waals surface area contributed by atoms with Crippen molar-refractivity contribution in [3.8, 4) is 11.1 Å². The van der Waals surface area contributed by atoms with Gasteiger partial charge in [-0.05, 0) is 49.4 Å². The molecule has 4 aromatic rings. The number of nitrogens with zero attached hydrogens (tertiary/aromatic N) is 2. The van der Waals surface area contributed by atoms with Gasteiger partial charge in [0.2, 0.25) is 0 Å². The Morgan fingerprint density at radius 3 is 2.59 bits per heavy atom. The van der Waals surface area contributed by atoms with Crippen molar-refractivity contribution in [2.24, 2.45) is 0 Å². The molecule has 0 aliphatic carbocycles. The predicted molar refractivity (Wildman–Crippen MR) is 116 cm³/mol. The fourth-order valence-electron chi connectivity index (χ4n) is 3.60. The zero-order valence-electron chi connectivity index (χ0n) is 16.1. The molecule has 27 heavy (non-hydrogen) atoms. The van der Waals surface area contributed by atoms with Gasteiger partial charge in [0.05, 0.1) is 5.39 Å². The lowest BCUT2D eigenvalue weighted by molar-refractivity contribution is 1.13. The molecule has 0 bridgehead atoms. The molecule has 0 saturated carbocycles. The third-order valence-electron chi connectivity index (χ3n) is 5.03. The zero-order valence-corrected chi connectivity index (χ0v) is 16.9. The van der Waals surface area contributed by atoms with Crippen LogP contribution in [0.25, 0.3) is 21.3 Å². The van der Waals surface area contributed by atoms with Crippen LogP contribution < -0.4 is 5.32 Å². The first kappa shape index (κ1) is 17.7. The Balaban J connectivity index is 1.89. The molecule has 0 spiro atoms. The topological polar surface area (TPSA) is 37.8 Å². The van der Waals surface area contributed by atoms with Gasteiger partial charge >= 0.3 is 0 Å². The fourth-order valence-corrected chi connectivity index (χ4v) is 4.51. The van der Waals surface area contributed by atoms with Crippen molar-refractivity contribution >= 4 is 33.1 Å². The third kappa shape index (κ3) is 3.21. The Bertz CT molecular complexity index is 1130. The standard InChI is InChI=1S/C23H23N3S/c1-5-17-8-6-7-15(3)21(17)26-22-20-19(12-27-23(20)25-13-24-22)18-10-9-14(2)11-16(18)4/h6-13H,5H2,1-4H3,(H,24,25,26). The number of hydrogen-bond acceptors (Lipinski definition) is 4. The fraction of sp³-hybridized carbons (Fsp3) is 0.217. The Morgan fingerprint density at radius 2 is 1.81 bits per heavy atom. The summed E-state index contributed by atoms with van der Waals surface area (Å²) >= 11 is 1.67. The van der Waals surface area contributed by atoms with Crippen LogP contribution >= 0.6 is 11.3 Å². The number of para-hydroxylation sites is 1. The Kier molecular flexibility index (Phi) is 4.66. The quantitative estimate of drug-likeness (QED) is 0.438. The highest BCUT2D eigenvalue weighted by atomic mass is 32.1. The molecule has 0 aliphatic rings. The molecule has 4 rings (SSSR count). The van der Waals surface area contributed by atoms with E-state index in [-0.39, 0.29) is 0 Å². The van der Waals surface area contributed by atoms with Crippen molar-refractivity contribution in [1.29, 1.82) is 0 Å². The first-order valence-corrected chi connectivity index (χ1v) is 10.1. The van der Waals surface area contributed by atoms with E-state index in [2.05, 4.69) is 84.8 Å². The third-order valence-corrected chi connectivity index (χ3v) is 5.91. The zero-order chi connectivity index (χ0) is 19.0. The summed E-state index contributed by atoms with van der Waals surface area (Å²) in [7, 11) is 0. The normalized spacial score (nSPS) is 11.1. The summed E-state index contributed by atoms with van der Waals surface area (Å²) in [6, 6.07) is 13.0. The Hall–Kier alpha value is -2.72. The van der Waals surface area contributed by atoms with E-state index in [0.717, 1.165) is 28.1 Å². The maximum absolute atomic E-state index is 4.61. The maximum Gasteiger partial charge on any atom is 0.143 e. The van der Waals surface area contributed by atoms with Crippen molar-refractivity contribution in [2.75, 3.05) is 5.32 Å². The van der Waals surface area contributed by atoms with E-state index < -0.39 is 0 Å². The molecule has 1 N–H and O–H groups in total. The predicted octanol–water partition coefficient (Wildman–Crippen LogP) is 6.59. The summed E-state index contributed by atoms with van der Waals surface area (Å²) < 4.78 is 0. The van der Waals surface area contributed by atoms with E-state index in [0.29, 0.717) is 0 Å². The van der Waals surface area contributed by atoms with Crippen LogP contribution in [0.4, 0.5) is 11.5 Å². The molecular formula is C23H23N3S. The van der Waals surface area contributed by atoms with Gasteiger partial charge in [0, 0.05) is 16.6 Å². The molecule has 3 nitrogen and oxygen atoms in total. The lowest BCUT2D eigenvalue weighted by Gasteiger charge is -2.15. The largest absolute Gasteiger partial charge is 0.339 e. The van der Waals surface area contributed by atoms with Crippen molar-refractivity contribution in [1.82, 2.24) is 9.97 Å². The molecule has 0 unspecified atom stereocenters. The number of benzene rings is 2. The number of nitrogens with one attached hydrogen (secondary N) is 1. The van der Waals surface area contributed by atoms with E-state index >= 15 is 0 Å². The van der Waals surface area contributed by atoms with Gasteiger partial charge in [-0.2, -0.15) is 0 Å². The molecule has 2 aromatic carbocycles. The molecule has 2 heterocycles. The number of hydrogen-bond donors (Lipinski definition) is 1. The summed E-state index contributed by atoms with van der Waals surface area (Å²) in [5, 5.41) is 6.91. The average molecular weight is 374 g/mol. The van der Waals surface area contributed by atoms with Gasteiger partial charge in [0.25, 0.3) is 0 Å². The van der Waals surface area contributed by atoms with Crippen LogP contribution in [-0.4, -0.2) is 9.97 Å². The second-order valence-corrected chi connectivity index (χ2v) is 7.82. The second-order valence-electron chi connectivity index (χ2n) is 6.96. The van der Waals surface area contributed by atoms with Crippen molar-refractivity contribution in [2.45, 2.75) is 34.1 Å². The summed E-state index contributed by atoms with van der Waals surface area (Å²) in [4.78, 5) is 10.1. The Labute approximate surface area is 164 Å². The molecular weight excluding hydrogens is 350 g/mol. The van der Waals surface area contributed by atoms with Crippen molar-refractivity contribution < 1.29 is 0 Å². The number of aromatic nitrogens is 2. The molecule has 0 saturated heterocycles. The lowest BCUT2D eigenvalue weighted by Crippen LogP contribution is -2.01. The molecule has 136 valence electrons. The van der Waals surface area contributed by atoms with E-state index in [1.807, 2.05) is 0 Å². The molecule has 0 amide bonds. The van der Waals surface area contributed by atoms with Gasteiger partial charge in [-0.1, -0.05) is 48.9 Å². The molecule has 2 aromatic heterocycles. The van der Waals surface area contributed by atoms with Crippen LogP contribution in [0.5, 0.6) is 0 Å². The molecule has 0 radical (unpaired) electrons. The van der Waals surface area contributed by atoms with Crippen LogP contribution in [0.15, 0.2) is 48.1 Å². The SMILES string of the molecule is CCc1cccc(C)c1Nc1ncnc2scc(-c3ccc(C)cc3C)c12. The lowest BCUT2D eigenvalue weighted by atomic mass is 9.99. The van der Waals surface area contributed by atoms with Gasteiger partial charge in [-0.15, -0.1) is 11.3 Å². The summed E-state index contributed by atoms with van der Waals surface area (Å²) in [6.45, 7) is 8.61. The van der Waals surface area contributed by atoms with Crippen LogP contribution in [0.2, 0.25) is 0 Å². The van der Waals surface area contributed by atoms with Crippen molar-refractivity contribution in [3.63, 3.8) is 0 Å². The van der Waals surface area contributed by atoms with Crippen LogP contribution in [0.3, 0.4) is 0 Å². The van der Waals surface area contributed by atoms with Crippen molar-refractivity contribution in [3.05, 3.63) is 70.4 Å². The second kappa shape index (κ2) is 7.12. The van der Waals surface area contributed by atoms with E-state index in [1.54, 1.807) is 17.7 Å². The minimum atomic E-state index is 0.875. The van der Waals surface area contributed by atoms with E-state index in [9.17, 15) is 0 Å². The number of aryl methyl sites for hydroxylation is 4. The highest BCUT2D eigenvalue weighted by Gasteiger charge is 2.16. The van der Waals surface area contributed by atoms with Crippen LogP contribution in [-0.2, 0) is 6.42 Å². The van der Waals surface area contributed by atoms with Gasteiger partial charge in [0.15, 0.2) is 0 Å². The van der Waals surface area contributed by atoms with Crippen LogP contribution in [0, 0.1) is 20.8 Å². The summed E-state index contributed by atoms with van der Waals surface area (Å²) in [5.41, 5.74) is 8.66. The number of rotatable bonds is 4. The minimum absolute atomic E-state index is 0.875. The maximum atomic E-state index is 4.61. The number of anilines is 2. The van der Waals surface area contributed by atoms with E-state index in [1.165, 1.54) is 33.4 Å². The van der Waals surface area contributed by atoms with Gasteiger partial charge < -0.3 is 5.32 Å². The highest BCUT2D eigenvalue weighted by molar-refractivity contribution is 7.17. The highest BCUT2D eigenvalue weighted by Crippen LogP contribution is 2.39. The first-order chi connectivity index (χ1) is 13.1. The summed E-state index contributed by atoms with van der Waals surface area (Å²) in [5.74, 6) is 0.875. The molecule has 0 fully saturated rings. The van der Waals surface area contributed by atoms with E-state index in [4.69, 9.17) is 0 Å². The molecule has 0 atom stereocenters. The number of fused-ring (bicyclic) bond motifs is 1. The van der Waals surface area contributed by atoms with Gasteiger partial charge in [-0.25, -0.2) is 9.97 Å². The van der Waals surface area contributed by atoms with Crippen LogP contribution in [0.1, 0.15) is 29.2 Å². The van der Waals surface area contributed by atoms with Gasteiger partial charge in [0.1, 0.15) is 17.0 Å². The number of thiophene rings is 1. The smallest absolute Gasteiger partial charge is 0.143 e. The monoisotopic (exact) mass is 373 g/mol. The molecule has 4 heteroatoms.